The lowest BCUT2D eigenvalue weighted by molar-refractivity contribution is 0.0950. The molecule has 148 valence electrons. The van der Waals surface area contributed by atoms with Crippen molar-refractivity contribution in [2.75, 3.05) is 20.3 Å². The Hall–Kier alpha value is -2.53. The molecule has 0 aliphatic carbocycles. The van der Waals surface area contributed by atoms with Crippen molar-refractivity contribution in [1.29, 1.82) is 0 Å². The predicted molar refractivity (Wildman–Crippen MR) is 104 cm³/mol. The van der Waals surface area contributed by atoms with Gasteiger partial charge in [-0.05, 0) is 35.7 Å². The molecule has 0 bridgehead atoms. The number of oxazole rings is 1. The number of thiophene rings is 1. The highest BCUT2D eigenvalue weighted by molar-refractivity contribution is 7.89. The van der Waals surface area contributed by atoms with Crippen LogP contribution in [0.4, 0.5) is 0 Å². The van der Waals surface area contributed by atoms with E-state index in [4.69, 9.17) is 9.15 Å². The molecule has 0 aliphatic rings. The Labute approximate surface area is 166 Å². The minimum atomic E-state index is -3.63. The quantitative estimate of drug-likeness (QED) is 0.513. The molecule has 8 nitrogen and oxygen atoms in total. The maximum Gasteiger partial charge on any atom is 0.251 e. The summed E-state index contributed by atoms with van der Waals surface area (Å²) in [5.41, 5.74) is 0.941. The molecule has 28 heavy (non-hydrogen) atoms. The van der Waals surface area contributed by atoms with E-state index in [1.54, 1.807) is 0 Å². The van der Waals surface area contributed by atoms with Gasteiger partial charge in [0.05, 0.1) is 28.6 Å². The van der Waals surface area contributed by atoms with E-state index in [1.165, 1.54) is 49.0 Å². The van der Waals surface area contributed by atoms with Crippen LogP contribution in [0.2, 0.25) is 0 Å². The van der Waals surface area contributed by atoms with E-state index >= 15 is 0 Å². The lowest BCUT2D eigenvalue weighted by Crippen LogP contribution is -2.27. The van der Waals surface area contributed by atoms with Gasteiger partial charge in [0, 0.05) is 19.2 Å². The van der Waals surface area contributed by atoms with Crippen molar-refractivity contribution in [3.8, 4) is 10.8 Å². The maximum absolute atomic E-state index is 12.3. The Balaban J connectivity index is 1.57. The highest BCUT2D eigenvalue weighted by atomic mass is 32.2. The van der Waals surface area contributed by atoms with Crippen molar-refractivity contribution in [3.63, 3.8) is 0 Å². The van der Waals surface area contributed by atoms with Gasteiger partial charge in [0.1, 0.15) is 6.26 Å². The second-order valence-electron chi connectivity index (χ2n) is 5.72. The predicted octanol–water partition coefficient (Wildman–Crippen LogP) is 2.26. The number of hydrogen-bond acceptors (Lipinski definition) is 7. The van der Waals surface area contributed by atoms with Gasteiger partial charge < -0.3 is 14.5 Å². The summed E-state index contributed by atoms with van der Waals surface area (Å²) in [6.07, 6.45) is 1.50. The van der Waals surface area contributed by atoms with E-state index in [0.29, 0.717) is 17.1 Å². The van der Waals surface area contributed by atoms with Gasteiger partial charge in [-0.3, -0.25) is 4.79 Å². The monoisotopic (exact) mass is 421 g/mol. The van der Waals surface area contributed by atoms with Crippen LogP contribution in [0.3, 0.4) is 0 Å². The zero-order valence-electron chi connectivity index (χ0n) is 15.0. The number of rotatable bonds is 9. The van der Waals surface area contributed by atoms with Crippen LogP contribution >= 0.6 is 11.3 Å². The fourth-order valence-corrected chi connectivity index (χ4v) is 3.99. The van der Waals surface area contributed by atoms with E-state index in [-0.39, 0.29) is 30.5 Å². The van der Waals surface area contributed by atoms with E-state index in [2.05, 4.69) is 15.0 Å². The molecule has 0 unspecified atom stereocenters. The molecule has 1 aromatic carbocycles. The standard InChI is InChI=1S/C18H19N3O5S2/c1-25-9-8-20-28(23,24)15-6-4-13(5-7-15)17(22)19-11-14-12-26-18(21-14)16-3-2-10-27-16/h2-7,10,12,20H,8-9,11H2,1H3,(H,19,22). The molecule has 0 saturated carbocycles. The summed E-state index contributed by atoms with van der Waals surface area (Å²) in [6.45, 7) is 0.647. The first-order valence-corrected chi connectivity index (χ1v) is 10.7. The normalized spacial score (nSPS) is 11.5. The van der Waals surface area contributed by atoms with Crippen LogP contribution in [0, 0.1) is 0 Å². The second-order valence-corrected chi connectivity index (χ2v) is 8.43. The molecular formula is C18H19N3O5S2. The summed E-state index contributed by atoms with van der Waals surface area (Å²) >= 11 is 1.52. The van der Waals surface area contributed by atoms with E-state index in [0.717, 1.165) is 4.88 Å². The summed E-state index contributed by atoms with van der Waals surface area (Å²) in [5.74, 6) is 0.173. The van der Waals surface area contributed by atoms with Gasteiger partial charge in [-0.2, -0.15) is 0 Å². The second kappa shape index (κ2) is 9.11. The molecule has 2 N–H and O–H groups in total. The van der Waals surface area contributed by atoms with Crippen molar-refractivity contribution in [2.24, 2.45) is 0 Å². The average Bonchev–Trinajstić information content (AvgIpc) is 3.38. The van der Waals surface area contributed by atoms with Gasteiger partial charge in [-0.25, -0.2) is 18.1 Å². The number of nitrogens with one attached hydrogen (secondary N) is 2. The lowest BCUT2D eigenvalue weighted by atomic mass is 10.2. The summed E-state index contributed by atoms with van der Waals surface area (Å²) in [5, 5.41) is 4.66. The summed E-state index contributed by atoms with van der Waals surface area (Å²) < 4.78 is 36.9. The lowest BCUT2D eigenvalue weighted by Gasteiger charge is -2.07. The number of amides is 1. The number of carbonyl (C=O) groups is 1. The third-order valence-electron chi connectivity index (χ3n) is 3.74. The van der Waals surface area contributed by atoms with Crippen LogP contribution in [0.25, 0.3) is 10.8 Å². The number of carbonyl (C=O) groups excluding carboxylic acids is 1. The smallest absolute Gasteiger partial charge is 0.251 e. The van der Waals surface area contributed by atoms with Crippen molar-refractivity contribution < 1.29 is 22.4 Å². The van der Waals surface area contributed by atoms with Crippen LogP contribution in [-0.2, 0) is 21.3 Å². The fraction of sp³-hybridized carbons (Fsp3) is 0.222. The molecule has 0 atom stereocenters. The highest BCUT2D eigenvalue weighted by Gasteiger charge is 2.15. The third kappa shape index (κ3) is 5.04. The first-order chi connectivity index (χ1) is 13.5. The number of methoxy groups -OCH3 is 1. The fourth-order valence-electron chi connectivity index (χ4n) is 2.32. The third-order valence-corrected chi connectivity index (χ3v) is 6.07. The average molecular weight is 422 g/mol. The molecule has 2 aromatic heterocycles. The van der Waals surface area contributed by atoms with Crippen molar-refractivity contribution >= 4 is 27.3 Å². The van der Waals surface area contributed by atoms with E-state index < -0.39 is 10.0 Å². The van der Waals surface area contributed by atoms with Gasteiger partial charge in [-0.1, -0.05) is 6.07 Å². The number of benzene rings is 1. The van der Waals surface area contributed by atoms with Gasteiger partial charge >= 0.3 is 0 Å². The van der Waals surface area contributed by atoms with Crippen LogP contribution in [0.1, 0.15) is 16.1 Å². The Bertz CT molecular complexity index is 1010. The zero-order valence-corrected chi connectivity index (χ0v) is 16.7. The number of ether oxygens (including phenoxy) is 1. The summed E-state index contributed by atoms with van der Waals surface area (Å²) in [7, 11) is -2.14. The van der Waals surface area contributed by atoms with Crippen LogP contribution in [0.5, 0.6) is 0 Å². The first-order valence-electron chi connectivity index (χ1n) is 8.35. The Morgan fingerprint density at radius 2 is 2.04 bits per heavy atom. The van der Waals surface area contributed by atoms with Gasteiger partial charge in [0.15, 0.2) is 0 Å². The molecule has 0 radical (unpaired) electrons. The summed E-state index contributed by atoms with van der Waals surface area (Å²) in [6, 6.07) is 9.49. The molecule has 10 heteroatoms. The largest absolute Gasteiger partial charge is 0.443 e. The van der Waals surface area contributed by atoms with Crippen molar-refractivity contribution in [1.82, 2.24) is 15.0 Å². The van der Waals surface area contributed by atoms with E-state index in [1.807, 2.05) is 17.5 Å². The highest BCUT2D eigenvalue weighted by Crippen LogP contribution is 2.23. The van der Waals surface area contributed by atoms with Crippen LogP contribution in [0.15, 0.2) is 57.4 Å². The van der Waals surface area contributed by atoms with Crippen molar-refractivity contribution in [3.05, 3.63) is 59.3 Å². The number of sulfonamides is 1. The molecule has 3 rings (SSSR count). The SMILES string of the molecule is COCCNS(=O)(=O)c1ccc(C(=O)NCc2coc(-c3cccs3)n2)cc1. The molecule has 0 spiro atoms. The van der Waals surface area contributed by atoms with Gasteiger partial charge in [0.25, 0.3) is 5.91 Å². The van der Waals surface area contributed by atoms with Gasteiger partial charge in [-0.15, -0.1) is 11.3 Å². The molecule has 0 aliphatic heterocycles. The van der Waals surface area contributed by atoms with E-state index in [9.17, 15) is 13.2 Å². The zero-order chi connectivity index (χ0) is 20.0. The van der Waals surface area contributed by atoms with Crippen LogP contribution in [-0.4, -0.2) is 39.6 Å². The molecular weight excluding hydrogens is 402 g/mol. The Kier molecular flexibility index (Phi) is 6.57. The molecule has 1 amide bonds. The van der Waals surface area contributed by atoms with Crippen molar-refractivity contribution in [2.45, 2.75) is 11.4 Å². The molecule has 0 fully saturated rings. The summed E-state index contributed by atoms with van der Waals surface area (Å²) in [4.78, 5) is 17.6. The topological polar surface area (TPSA) is 111 Å². The minimum absolute atomic E-state index is 0.0808. The Morgan fingerprint density at radius 1 is 1.25 bits per heavy atom. The number of hydrogen-bond donors (Lipinski definition) is 2. The minimum Gasteiger partial charge on any atom is -0.443 e. The van der Waals surface area contributed by atoms with Crippen LogP contribution < -0.4 is 10.0 Å². The van der Waals surface area contributed by atoms with Gasteiger partial charge in [0.2, 0.25) is 15.9 Å². The Morgan fingerprint density at radius 3 is 2.71 bits per heavy atom. The first kappa shape index (κ1) is 20.2. The number of nitrogens with zero attached hydrogens (tertiary/aromatic N) is 1. The number of aromatic nitrogens is 1. The molecule has 0 saturated heterocycles. The maximum atomic E-state index is 12.3. The molecule has 3 aromatic rings. The molecule has 2 heterocycles.